The lowest BCUT2D eigenvalue weighted by molar-refractivity contribution is 0.777. The van der Waals surface area contributed by atoms with Crippen LogP contribution in [0.1, 0.15) is 30.5 Å². The van der Waals surface area contributed by atoms with Crippen LogP contribution in [0.4, 0.5) is 0 Å². The molecule has 0 bridgehead atoms. The first-order valence-corrected chi connectivity index (χ1v) is 7.50. The Kier molecular flexibility index (Phi) is 4.99. The van der Waals surface area contributed by atoms with Gasteiger partial charge in [-0.15, -0.1) is 10.2 Å². The molecular formula is C14H20N4S. The minimum Gasteiger partial charge on any atom is -0.323 e. The largest absolute Gasteiger partial charge is 0.323 e. The molecule has 0 radical (unpaired) electrons. The van der Waals surface area contributed by atoms with Gasteiger partial charge in [0, 0.05) is 18.8 Å². The first kappa shape index (κ1) is 14.1. The monoisotopic (exact) mass is 276 g/mol. The van der Waals surface area contributed by atoms with E-state index < -0.39 is 0 Å². The maximum absolute atomic E-state index is 6.21. The molecule has 2 N–H and O–H groups in total. The van der Waals surface area contributed by atoms with Crippen LogP contribution in [0.25, 0.3) is 0 Å². The number of nitrogens with two attached hydrogens (primary N) is 1. The van der Waals surface area contributed by atoms with Crippen LogP contribution in [-0.2, 0) is 13.5 Å². The van der Waals surface area contributed by atoms with Crippen molar-refractivity contribution >= 4 is 11.8 Å². The molecule has 1 aromatic heterocycles. The van der Waals surface area contributed by atoms with Gasteiger partial charge in [0.15, 0.2) is 5.16 Å². The summed E-state index contributed by atoms with van der Waals surface area (Å²) in [6.45, 7) is 2.19. The van der Waals surface area contributed by atoms with Crippen LogP contribution in [0.2, 0.25) is 0 Å². The lowest BCUT2D eigenvalue weighted by atomic mass is 10.0. The summed E-state index contributed by atoms with van der Waals surface area (Å²) >= 11 is 1.64. The molecule has 19 heavy (non-hydrogen) atoms. The minimum absolute atomic E-state index is 0.0253. The zero-order chi connectivity index (χ0) is 13.7. The highest BCUT2D eigenvalue weighted by Gasteiger charge is 2.09. The number of aromatic nitrogens is 3. The van der Waals surface area contributed by atoms with Gasteiger partial charge in [-0.3, -0.25) is 0 Å². The van der Waals surface area contributed by atoms with Crippen LogP contribution in [0.3, 0.4) is 0 Å². The summed E-state index contributed by atoms with van der Waals surface area (Å²) in [5.41, 5.74) is 8.76. The molecular weight excluding hydrogens is 256 g/mol. The third-order valence-corrected chi connectivity index (χ3v) is 4.16. The second-order valence-corrected chi connectivity index (χ2v) is 5.62. The highest BCUT2D eigenvalue weighted by molar-refractivity contribution is 7.99. The SMILES string of the molecule is CCCc1ccc(C(N)CSc2nncn2C)cc1. The molecule has 0 saturated carbocycles. The Labute approximate surface area is 118 Å². The van der Waals surface area contributed by atoms with Gasteiger partial charge in [-0.25, -0.2) is 0 Å². The van der Waals surface area contributed by atoms with Crippen molar-refractivity contribution in [2.75, 3.05) is 5.75 Å². The van der Waals surface area contributed by atoms with E-state index in [1.165, 1.54) is 17.5 Å². The Morgan fingerprint density at radius 3 is 2.63 bits per heavy atom. The van der Waals surface area contributed by atoms with E-state index in [1.54, 1.807) is 18.1 Å². The van der Waals surface area contributed by atoms with Gasteiger partial charge >= 0.3 is 0 Å². The molecule has 0 aliphatic carbocycles. The quantitative estimate of drug-likeness (QED) is 0.824. The topological polar surface area (TPSA) is 56.7 Å². The Hall–Kier alpha value is -1.33. The van der Waals surface area contributed by atoms with Crippen molar-refractivity contribution in [3.63, 3.8) is 0 Å². The summed E-state index contributed by atoms with van der Waals surface area (Å²) in [6, 6.07) is 8.63. The Balaban J connectivity index is 1.92. The molecule has 1 atom stereocenters. The van der Waals surface area contributed by atoms with Gasteiger partial charge in [0.2, 0.25) is 0 Å². The summed E-state index contributed by atoms with van der Waals surface area (Å²) in [6.07, 6.45) is 4.00. The van der Waals surface area contributed by atoms with Crippen LogP contribution in [0.15, 0.2) is 35.7 Å². The van der Waals surface area contributed by atoms with Crippen molar-refractivity contribution in [2.24, 2.45) is 12.8 Å². The highest BCUT2D eigenvalue weighted by atomic mass is 32.2. The summed E-state index contributed by atoms with van der Waals surface area (Å²) in [4.78, 5) is 0. The first-order chi connectivity index (χ1) is 9.20. The van der Waals surface area contributed by atoms with E-state index in [1.807, 2.05) is 11.6 Å². The molecule has 0 saturated heterocycles. The fraction of sp³-hybridized carbons (Fsp3) is 0.429. The number of thioether (sulfide) groups is 1. The third-order valence-electron chi connectivity index (χ3n) is 3.01. The second-order valence-electron chi connectivity index (χ2n) is 4.63. The molecule has 0 aliphatic heterocycles. The Morgan fingerprint density at radius 2 is 2.05 bits per heavy atom. The fourth-order valence-corrected chi connectivity index (χ4v) is 2.76. The van der Waals surface area contributed by atoms with Crippen LogP contribution >= 0.6 is 11.8 Å². The van der Waals surface area contributed by atoms with E-state index in [-0.39, 0.29) is 6.04 Å². The van der Waals surface area contributed by atoms with E-state index in [0.29, 0.717) is 0 Å². The maximum atomic E-state index is 6.21. The molecule has 5 heteroatoms. The lowest BCUT2D eigenvalue weighted by Crippen LogP contribution is -2.13. The maximum Gasteiger partial charge on any atom is 0.190 e. The number of hydrogen-bond acceptors (Lipinski definition) is 4. The van der Waals surface area contributed by atoms with Crippen LogP contribution in [0, 0.1) is 0 Å². The van der Waals surface area contributed by atoms with Gasteiger partial charge < -0.3 is 10.3 Å². The molecule has 1 aromatic carbocycles. The smallest absolute Gasteiger partial charge is 0.190 e. The zero-order valence-corrected chi connectivity index (χ0v) is 12.2. The van der Waals surface area contributed by atoms with E-state index in [0.717, 1.165) is 17.3 Å². The average molecular weight is 276 g/mol. The van der Waals surface area contributed by atoms with Crippen LogP contribution < -0.4 is 5.73 Å². The molecule has 0 fully saturated rings. The molecule has 2 rings (SSSR count). The lowest BCUT2D eigenvalue weighted by Gasteiger charge is -2.11. The summed E-state index contributed by atoms with van der Waals surface area (Å²) in [5.74, 6) is 0.805. The fourth-order valence-electron chi connectivity index (χ4n) is 1.88. The number of rotatable bonds is 6. The molecule has 0 aliphatic rings. The van der Waals surface area contributed by atoms with Gasteiger partial charge in [0.25, 0.3) is 0 Å². The first-order valence-electron chi connectivity index (χ1n) is 6.52. The van der Waals surface area contributed by atoms with E-state index in [9.17, 15) is 0 Å². The normalized spacial score (nSPS) is 12.6. The van der Waals surface area contributed by atoms with Gasteiger partial charge in [0.1, 0.15) is 6.33 Å². The summed E-state index contributed by atoms with van der Waals surface area (Å²) in [7, 11) is 1.94. The van der Waals surface area contributed by atoms with E-state index in [4.69, 9.17) is 5.73 Å². The van der Waals surface area contributed by atoms with E-state index in [2.05, 4.69) is 41.4 Å². The highest BCUT2D eigenvalue weighted by Crippen LogP contribution is 2.21. The van der Waals surface area contributed by atoms with Crippen molar-refractivity contribution in [1.82, 2.24) is 14.8 Å². The van der Waals surface area contributed by atoms with Crippen molar-refractivity contribution in [2.45, 2.75) is 31.0 Å². The third kappa shape index (κ3) is 3.81. The zero-order valence-electron chi connectivity index (χ0n) is 11.4. The van der Waals surface area contributed by atoms with Gasteiger partial charge in [-0.2, -0.15) is 0 Å². The molecule has 4 nitrogen and oxygen atoms in total. The number of hydrogen-bond donors (Lipinski definition) is 1. The Morgan fingerprint density at radius 1 is 1.32 bits per heavy atom. The number of benzene rings is 1. The number of nitrogens with zero attached hydrogens (tertiary/aromatic N) is 3. The standard InChI is InChI=1S/C14H20N4S/c1-3-4-11-5-7-12(8-6-11)13(15)9-19-14-17-16-10-18(14)2/h5-8,10,13H,3-4,9,15H2,1-2H3. The minimum atomic E-state index is 0.0253. The molecule has 0 spiro atoms. The predicted octanol–water partition coefficient (Wildman–Crippen LogP) is 2.56. The van der Waals surface area contributed by atoms with Gasteiger partial charge in [-0.05, 0) is 17.5 Å². The van der Waals surface area contributed by atoms with Gasteiger partial charge in [0.05, 0.1) is 0 Å². The molecule has 0 amide bonds. The van der Waals surface area contributed by atoms with Crippen molar-refractivity contribution in [3.05, 3.63) is 41.7 Å². The molecule has 1 heterocycles. The van der Waals surface area contributed by atoms with Crippen molar-refractivity contribution in [1.29, 1.82) is 0 Å². The predicted molar refractivity (Wildman–Crippen MR) is 79.1 cm³/mol. The van der Waals surface area contributed by atoms with Crippen molar-refractivity contribution in [3.8, 4) is 0 Å². The van der Waals surface area contributed by atoms with Crippen molar-refractivity contribution < 1.29 is 0 Å². The second kappa shape index (κ2) is 6.73. The average Bonchev–Trinajstić information content (AvgIpc) is 2.83. The van der Waals surface area contributed by atoms with Crippen LogP contribution in [-0.4, -0.2) is 20.5 Å². The summed E-state index contributed by atoms with van der Waals surface area (Å²) < 4.78 is 1.90. The van der Waals surface area contributed by atoms with Gasteiger partial charge in [-0.1, -0.05) is 49.4 Å². The summed E-state index contributed by atoms with van der Waals surface area (Å²) in [5, 5.41) is 8.80. The molecule has 1 unspecified atom stereocenters. The van der Waals surface area contributed by atoms with Crippen LogP contribution in [0.5, 0.6) is 0 Å². The molecule has 102 valence electrons. The molecule has 2 aromatic rings. The number of aryl methyl sites for hydroxylation is 2. The Bertz CT molecular complexity index is 506. The van der Waals surface area contributed by atoms with E-state index >= 15 is 0 Å².